The molecule has 0 fully saturated rings. The lowest BCUT2D eigenvalue weighted by Gasteiger charge is -2.05. The number of aryl methyl sites for hydroxylation is 3. The summed E-state index contributed by atoms with van der Waals surface area (Å²) in [6, 6.07) is 5.74. The van der Waals surface area contributed by atoms with Gasteiger partial charge in [-0.1, -0.05) is 17.7 Å². The summed E-state index contributed by atoms with van der Waals surface area (Å²) in [5.41, 5.74) is 3.37. The number of carbonyl (C=O) groups is 1. The Morgan fingerprint density at radius 2 is 2.14 bits per heavy atom. The van der Waals surface area contributed by atoms with Crippen molar-refractivity contribution in [3.8, 4) is 0 Å². The number of aromatic nitrogens is 2. The van der Waals surface area contributed by atoms with Crippen molar-refractivity contribution in [2.24, 2.45) is 7.05 Å². The Labute approximate surface area is 136 Å². The standard InChI is InChI=1S/C15H15BrClN3O/c1-9-4-6-13(12(16)8-9)18-14(21)7-5-11-10(2)19-20(3)15(11)17/h4-8H,1-3H3,(H,18,21)/b7-5+. The molecule has 1 N–H and O–H groups in total. The third-order valence-electron chi connectivity index (χ3n) is 2.98. The van der Waals surface area contributed by atoms with Crippen LogP contribution in [0.1, 0.15) is 16.8 Å². The summed E-state index contributed by atoms with van der Waals surface area (Å²) in [6.45, 7) is 3.84. The van der Waals surface area contributed by atoms with Gasteiger partial charge in [0.25, 0.3) is 0 Å². The second kappa shape index (κ2) is 6.45. The summed E-state index contributed by atoms with van der Waals surface area (Å²) in [7, 11) is 1.76. The zero-order valence-corrected chi connectivity index (χ0v) is 14.3. The second-order valence-corrected chi connectivity index (χ2v) is 5.93. The smallest absolute Gasteiger partial charge is 0.248 e. The molecule has 0 aliphatic heterocycles. The van der Waals surface area contributed by atoms with Crippen LogP contribution in [-0.4, -0.2) is 15.7 Å². The van der Waals surface area contributed by atoms with Crippen molar-refractivity contribution in [3.05, 3.63) is 50.7 Å². The third-order valence-corrected chi connectivity index (χ3v) is 4.08. The molecule has 21 heavy (non-hydrogen) atoms. The summed E-state index contributed by atoms with van der Waals surface area (Å²) >= 11 is 9.54. The van der Waals surface area contributed by atoms with Crippen molar-refractivity contribution in [3.63, 3.8) is 0 Å². The summed E-state index contributed by atoms with van der Waals surface area (Å²) in [6.07, 6.45) is 3.12. The zero-order valence-electron chi connectivity index (χ0n) is 11.9. The fourth-order valence-electron chi connectivity index (χ4n) is 1.89. The van der Waals surface area contributed by atoms with Gasteiger partial charge in [0.1, 0.15) is 5.15 Å². The molecule has 1 aromatic heterocycles. The Morgan fingerprint density at radius 3 is 2.71 bits per heavy atom. The molecule has 1 aromatic carbocycles. The predicted molar refractivity (Wildman–Crippen MR) is 89.5 cm³/mol. The summed E-state index contributed by atoms with van der Waals surface area (Å²) < 4.78 is 2.42. The van der Waals surface area contributed by atoms with Crippen LogP contribution < -0.4 is 5.32 Å². The SMILES string of the molecule is Cc1ccc(NC(=O)/C=C/c2c(C)nn(C)c2Cl)c(Br)c1. The van der Waals surface area contributed by atoms with Crippen LogP contribution in [0, 0.1) is 13.8 Å². The molecular weight excluding hydrogens is 354 g/mol. The number of amides is 1. The van der Waals surface area contributed by atoms with Crippen molar-refractivity contribution < 1.29 is 4.79 Å². The third kappa shape index (κ3) is 3.74. The number of halogens is 2. The maximum Gasteiger partial charge on any atom is 0.248 e. The van der Waals surface area contributed by atoms with Crippen LogP contribution in [0.15, 0.2) is 28.7 Å². The zero-order chi connectivity index (χ0) is 15.6. The first kappa shape index (κ1) is 15.8. The van der Waals surface area contributed by atoms with Gasteiger partial charge in [0.15, 0.2) is 0 Å². The lowest BCUT2D eigenvalue weighted by atomic mass is 10.2. The minimum absolute atomic E-state index is 0.223. The number of hydrogen-bond acceptors (Lipinski definition) is 2. The summed E-state index contributed by atoms with van der Waals surface area (Å²) in [5, 5.41) is 7.51. The Bertz CT molecular complexity index is 722. The number of nitrogens with one attached hydrogen (secondary N) is 1. The van der Waals surface area contributed by atoms with Gasteiger partial charge in [-0.05, 0) is 53.5 Å². The molecule has 0 saturated heterocycles. The van der Waals surface area contributed by atoms with Gasteiger partial charge in [-0.3, -0.25) is 9.48 Å². The normalized spacial score (nSPS) is 11.1. The molecule has 0 atom stereocenters. The van der Waals surface area contributed by atoms with Crippen LogP contribution in [0.25, 0.3) is 6.08 Å². The quantitative estimate of drug-likeness (QED) is 0.829. The topological polar surface area (TPSA) is 46.9 Å². The monoisotopic (exact) mass is 367 g/mol. The average molecular weight is 369 g/mol. The van der Waals surface area contributed by atoms with E-state index in [1.165, 1.54) is 6.08 Å². The number of anilines is 1. The van der Waals surface area contributed by atoms with E-state index < -0.39 is 0 Å². The molecule has 110 valence electrons. The van der Waals surface area contributed by atoms with Crippen LogP contribution in [-0.2, 0) is 11.8 Å². The first-order chi connectivity index (χ1) is 9.88. The molecule has 4 nitrogen and oxygen atoms in total. The van der Waals surface area contributed by atoms with E-state index in [0.29, 0.717) is 5.15 Å². The Hall–Kier alpha value is -1.59. The highest BCUT2D eigenvalue weighted by Gasteiger charge is 2.09. The van der Waals surface area contributed by atoms with E-state index in [4.69, 9.17) is 11.6 Å². The molecule has 1 heterocycles. The molecule has 0 saturated carbocycles. The minimum atomic E-state index is -0.223. The van der Waals surface area contributed by atoms with Crippen LogP contribution >= 0.6 is 27.5 Å². The molecule has 0 unspecified atom stereocenters. The number of nitrogens with zero attached hydrogens (tertiary/aromatic N) is 2. The van der Waals surface area contributed by atoms with Gasteiger partial charge in [-0.2, -0.15) is 5.10 Å². The van der Waals surface area contributed by atoms with Crippen molar-refractivity contribution in [2.45, 2.75) is 13.8 Å². The molecule has 0 aliphatic rings. The maximum absolute atomic E-state index is 12.0. The molecule has 6 heteroatoms. The molecule has 0 radical (unpaired) electrons. The number of hydrogen-bond donors (Lipinski definition) is 1. The average Bonchev–Trinajstić information content (AvgIpc) is 2.65. The van der Waals surface area contributed by atoms with E-state index in [0.717, 1.165) is 27.0 Å². The molecular formula is C15H15BrClN3O. The fourth-order valence-corrected chi connectivity index (χ4v) is 2.72. The molecule has 0 aliphatic carbocycles. The van der Waals surface area contributed by atoms with Crippen molar-refractivity contribution in [2.75, 3.05) is 5.32 Å². The van der Waals surface area contributed by atoms with Crippen LogP contribution in [0.3, 0.4) is 0 Å². The minimum Gasteiger partial charge on any atom is -0.321 e. The first-order valence-electron chi connectivity index (χ1n) is 6.33. The highest BCUT2D eigenvalue weighted by molar-refractivity contribution is 9.10. The van der Waals surface area contributed by atoms with Crippen LogP contribution in [0.5, 0.6) is 0 Å². The van der Waals surface area contributed by atoms with E-state index in [9.17, 15) is 4.79 Å². The molecule has 0 bridgehead atoms. The maximum atomic E-state index is 12.0. The van der Waals surface area contributed by atoms with Crippen LogP contribution in [0.2, 0.25) is 5.15 Å². The van der Waals surface area contributed by atoms with E-state index in [2.05, 4.69) is 26.3 Å². The van der Waals surface area contributed by atoms with Crippen molar-refractivity contribution in [1.29, 1.82) is 0 Å². The lowest BCUT2D eigenvalue weighted by Crippen LogP contribution is -2.08. The second-order valence-electron chi connectivity index (χ2n) is 4.72. The Balaban J connectivity index is 2.13. The highest BCUT2D eigenvalue weighted by atomic mass is 79.9. The number of rotatable bonds is 3. The van der Waals surface area contributed by atoms with E-state index in [1.54, 1.807) is 17.8 Å². The van der Waals surface area contributed by atoms with E-state index >= 15 is 0 Å². The Kier molecular flexibility index (Phi) is 4.85. The highest BCUT2D eigenvalue weighted by Crippen LogP contribution is 2.24. The lowest BCUT2D eigenvalue weighted by molar-refractivity contribution is -0.111. The molecule has 1 amide bonds. The summed E-state index contributed by atoms with van der Waals surface area (Å²) in [4.78, 5) is 12.0. The fraction of sp³-hybridized carbons (Fsp3) is 0.200. The van der Waals surface area contributed by atoms with Gasteiger partial charge in [-0.25, -0.2) is 0 Å². The van der Waals surface area contributed by atoms with Gasteiger partial charge in [0.05, 0.1) is 11.4 Å². The summed E-state index contributed by atoms with van der Waals surface area (Å²) in [5.74, 6) is -0.223. The van der Waals surface area contributed by atoms with Gasteiger partial charge >= 0.3 is 0 Å². The van der Waals surface area contributed by atoms with Gasteiger partial charge in [0, 0.05) is 23.2 Å². The largest absolute Gasteiger partial charge is 0.321 e. The van der Waals surface area contributed by atoms with Crippen molar-refractivity contribution in [1.82, 2.24) is 9.78 Å². The van der Waals surface area contributed by atoms with Gasteiger partial charge < -0.3 is 5.32 Å². The predicted octanol–water partition coefficient (Wildman–Crippen LogP) is 4.10. The number of carbonyl (C=O) groups excluding carboxylic acids is 1. The van der Waals surface area contributed by atoms with E-state index in [-0.39, 0.29) is 5.91 Å². The number of benzene rings is 1. The first-order valence-corrected chi connectivity index (χ1v) is 7.50. The van der Waals surface area contributed by atoms with Crippen LogP contribution in [0.4, 0.5) is 5.69 Å². The van der Waals surface area contributed by atoms with Gasteiger partial charge in [0.2, 0.25) is 5.91 Å². The molecule has 0 spiro atoms. The Morgan fingerprint density at radius 1 is 1.43 bits per heavy atom. The van der Waals surface area contributed by atoms with Crippen molar-refractivity contribution >= 4 is 45.2 Å². The van der Waals surface area contributed by atoms with Gasteiger partial charge in [-0.15, -0.1) is 0 Å². The molecule has 2 aromatic rings. The van der Waals surface area contributed by atoms with E-state index in [1.807, 2.05) is 32.0 Å². The molecule has 2 rings (SSSR count).